The zero-order valence-electron chi connectivity index (χ0n) is 13.2. The molecule has 0 N–H and O–H groups in total. The molecule has 0 unspecified atom stereocenters. The van der Waals surface area contributed by atoms with Crippen LogP contribution >= 0.6 is 11.6 Å². The van der Waals surface area contributed by atoms with Crippen LogP contribution in [0.15, 0.2) is 12.2 Å². The largest absolute Gasteiger partial charge is 0.355 e. The second kappa shape index (κ2) is 18.9. The number of alkyl halides is 1. The monoisotopic (exact) mass is 304 g/mol. The van der Waals surface area contributed by atoms with Gasteiger partial charge >= 0.3 is 0 Å². The standard InChI is InChI=1S/C17H33ClO2/c1-2-3-4-12-15-19-17-20-16-13-10-8-6-5-7-9-11-14-18/h8,10H,2-7,9,11-17H2,1H3. The van der Waals surface area contributed by atoms with Crippen LogP contribution in [0.2, 0.25) is 0 Å². The van der Waals surface area contributed by atoms with Gasteiger partial charge < -0.3 is 9.47 Å². The lowest BCUT2D eigenvalue weighted by Gasteiger charge is -2.04. The summed E-state index contributed by atoms with van der Waals surface area (Å²) in [7, 11) is 0. The molecule has 0 aromatic rings. The van der Waals surface area contributed by atoms with E-state index in [2.05, 4.69) is 19.1 Å². The van der Waals surface area contributed by atoms with Crippen LogP contribution in [0, 0.1) is 0 Å². The van der Waals surface area contributed by atoms with Crippen LogP contribution in [-0.2, 0) is 9.47 Å². The zero-order valence-corrected chi connectivity index (χ0v) is 14.0. The molecule has 0 aromatic carbocycles. The van der Waals surface area contributed by atoms with E-state index in [4.69, 9.17) is 21.1 Å². The molecule has 0 aliphatic rings. The Kier molecular flexibility index (Phi) is 18.9. The summed E-state index contributed by atoms with van der Waals surface area (Å²) < 4.78 is 10.8. The summed E-state index contributed by atoms with van der Waals surface area (Å²) in [5.41, 5.74) is 0. The highest BCUT2D eigenvalue weighted by atomic mass is 35.5. The topological polar surface area (TPSA) is 18.5 Å². The van der Waals surface area contributed by atoms with Gasteiger partial charge in [-0.15, -0.1) is 11.6 Å². The van der Waals surface area contributed by atoms with Gasteiger partial charge in [-0.05, 0) is 32.1 Å². The summed E-state index contributed by atoms with van der Waals surface area (Å²) in [4.78, 5) is 0. The Labute approximate surface area is 130 Å². The third-order valence-corrected chi connectivity index (χ3v) is 3.43. The summed E-state index contributed by atoms with van der Waals surface area (Å²) >= 11 is 5.63. The summed E-state index contributed by atoms with van der Waals surface area (Å²) in [5.74, 6) is 0.799. The first-order chi connectivity index (χ1) is 9.91. The van der Waals surface area contributed by atoms with Gasteiger partial charge in [0.2, 0.25) is 0 Å². The van der Waals surface area contributed by atoms with Crippen LogP contribution in [0.4, 0.5) is 0 Å². The Balaban J connectivity index is 3.01. The highest BCUT2D eigenvalue weighted by Gasteiger charge is 1.90. The van der Waals surface area contributed by atoms with Gasteiger partial charge in [0.05, 0.1) is 6.61 Å². The van der Waals surface area contributed by atoms with E-state index in [1.165, 1.54) is 44.9 Å². The molecule has 2 nitrogen and oxygen atoms in total. The van der Waals surface area contributed by atoms with E-state index in [1.807, 2.05) is 0 Å². The lowest BCUT2D eigenvalue weighted by molar-refractivity contribution is -0.0531. The Bertz CT molecular complexity index is 195. The Morgan fingerprint density at radius 3 is 2.25 bits per heavy atom. The molecule has 0 amide bonds. The smallest absolute Gasteiger partial charge is 0.146 e. The lowest BCUT2D eigenvalue weighted by atomic mass is 10.1. The predicted molar refractivity (Wildman–Crippen MR) is 88.5 cm³/mol. The van der Waals surface area contributed by atoms with Crippen molar-refractivity contribution in [3.8, 4) is 0 Å². The van der Waals surface area contributed by atoms with Crippen molar-refractivity contribution in [2.75, 3.05) is 25.9 Å². The molecule has 0 aromatic heterocycles. The summed E-state index contributed by atoms with van der Waals surface area (Å²) in [6, 6.07) is 0. The van der Waals surface area contributed by atoms with Crippen LogP contribution in [0.3, 0.4) is 0 Å². The fraction of sp³-hybridized carbons (Fsp3) is 0.882. The molecular weight excluding hydrogens is 272 g/mol. The van der Waals surface area contributed by atoms with Gasteiger partial charge in [-0.25, -0.2) is 0 Å². The number of halogens is 1. The minimum Gasteiger partial charge on any atom is -0.355 e. The molecule has 0 bridgehead atoms. The van der Waals surface area contributed by atoms with E-state index < -0.39 is 0 Å². The van der Waals surface area contributed by atoms with E-state index >= 15 is 0 Å². The fourth-order valence-electron chi connectivity index (χ4n) is 1.90. The SMILES string of the molecule is CCCCCCOCOCCC=CCCCCCCCl. The molecule has 0 saturated heterocycles. The average Bonchev–Trinajstić information content (AvgIpc) is 2.47. The van der Waals surface area contributed by atoms with Crippen molar-refractivity contribution < 1.29 is 9.47 Å². The van der Waals surface area contributed by atoms with Crippen LogP contribution in [0.1, 0.15) is 71.1 Å². The Morgan fingerprint density at radius 2 is 1.45 bits per heavy atom. The molecule has 0 saturated carbocycles. The highest BCUT2D eigenvalue weighted by molar-refractivity contribution is 6.17. The van der Waals surface area contributed by atoms with E-state index in [0.29, 0.717) is 6.79 Å². The molecule has 0 rings (SSSR count). The zero-order chi connectivity index (χ0) is 14.7. The van der Waals surface area contributed by atoms with Gasteiger partial charge in [0.15, 0.2) is 0 Å². The van der Waals surface area contributed by atoms with Gasteiger partial charge in [0.25, 0.3) is 0 Å². The van der Waals surface area contributed by atoms with Gasteiger partial charge in [0, 0.05) is 12.5 Å². The maximum Gasteiger partial charge on any atom is 0.146 e. The summed E-state index contributed by atoms with van der Waals surface area (Å²) in [5, 5.41) is 0. The summed E-state index contributed by atoms with van der Waals surface area (Å²) in [6.45, 7) is 4.26. The minimum atomic E-state index is 0.443. The summed E-state index contributed by atoms with van der Waals surface area (Å²) in [6.07, 6.45) is 16.6. The molecule has 0 fully saturated rings. The van der Waals surface area contributed by atoms with E-state index in [1.54, 1.807) is 0 Å². The van der Waals surface area contributed by atoms with Gasteiger partial charge in [-0.3, -0.25) is 0 Å². The van der Waals surface area contributed by atoms with E-state index in [9.17, 15) is 0 Å². The normalized spacial score (nSPS) is 11.5. The van der Waals surface area contributed by atoms with Crippen molar-refractivity contribution >= 4 is 11.6 Å². The van der Waals surface area contributed by atoms with Gasteiger partial charge in [0.1, 0.15) is 6.79 Å². The number of rotatable bonds is 16. The average molecular weight is 305 g/mol. The quantitative estimate of drug-likeness (QED) is 0.158. The first-order valence-corrected chi connectivity index (χ1v) is 8.81. The molecule has 120 valence electrons. The van der Waals surface area contributed by atoms with Crippen molar-refractivity contribution in [2.24, 2.45) is 0 Å². The van der Waals surface area contributed by atoms with Crippen molar-refractivity contribution in [1.29, 1.82) is 0 Å². The fourth-order valence-corrected chi connectivity index (χ4v) is 2.09. The molecule has 3 heteroatoms. The van der Waals surface area contributed by atoms with E-state index in [0.717, 1.165) is 38.4 Å². The van der Waals surface area contributed by atoms with Gasteiger partial charge in [-0.2, -0.15) is 0 Å². The highest BCUT2D eigenvalue weighted by Crippen LogP contribution is 2.04. The van der Waals surface area contributed by atoms with Crippen molar-refractivity contribution in [2.45, 2.75) is 71.1 Å². The minimum absolute atomic E-state index is 0.443. The van der Waals surface area contributed by atoms with Crippen LogP contribution in [0.25, 0.3) is 0 Å². The number of hydrogen-bond acceptors (Lipinski definition) is 2. The molecule has 20 heavy (non-hydrogen) atoms. The first-order valence-electron chi connectivity index (χ1n) is 8.28. The maximum absolute atomic E-state index is 5.63. The molecule has 0 atom stereocenters. The predicted octanol–water partition coefficient (Wildman–Crippen LogP) is 5.69. The number of unbranched alkanes of at least 4 members (excludes halogenated alkanes) is 7. The van der Waals surface area contributed by atoms with Crippen LogP contribution < -0.4 is 0 Å². The van der Waals surface area contributed by atoms with Crippen molar-refractivity contribution in [1.82, 2.24) is 0 Å². The van der Waals surface area contributed by atoms with E-state index in [-0.39, 0.29) is 0 Å². The Hall–Kier alpha value is -0.0500. The molecule has 0 aliphatic carbocycles. The van der Waals surface area contributed by atoms with Gasteiger partial charge in [-0.1, -0.05) is 51.2 Å². The Morgan fingerprint density at radius 1 is 0.750 bits per heavy atom. The second-order valence-electron chi connectivity index (χ2n) is 5.15. The first kappa shape index (κ1) is 19.9. The number of hydrogen-bond donors (Lipinski definition) is 0. The maximum atomic E-state index is 5.63. The van der Waals surface area contributed by atoms with Crippen LogP contribution in [0.5, 0.6) is 0 Å². The second-order valence-corrected chi connectivity index (χ2v) is 5.52. The molecule has 0 aliphatic heterocycles. The molecule has 0 spiro atoms. The van der Waals surface area contributed by atoms with Crippen LogP contribution in [-0.4, -0.2) is 25.9 Å². The number of ether oxygens (including phenoxy) is 2. The third kappa shape index (κ3) is 17.9. The van der Waals surface area contributed by atoms with Crippen molar-refractivity contribution in [3.63, 3.8) is 0 Å². The number of allylic oxidation sites excluding steroid dienone is 1. The molecular formula is C17H33ClO2. The lowest BCUT2D eigenvalue weighted by Crippen LogP contribution is -2.02. The molecule has 0 radical (unpaired) electrons. The van der Waals surface area contributed by atoms with Crippen molar-refractivity contribution in [3.05, 3.63) is 12.2 Å². The molecule has 0 heterocycles. The third-order valence-electron chi connectivity index (χ3n) is 3.16.